The Labute approximate surface area is 51.4 Å². The van der Waals surface area contributed by atoms with Gasteiger partial charge in [0.05, 0.1) is 0 Å². The van der Waals surface area contributed by atoms with Crippen LogP contribution in [0.5, 0.6) is 0 Å². The molecule has 0 aliphatic carbocycles. The van der Waals surface area contributed by atoms with Crippen LogP contribution in [0.3, 0.4) is 0 Å². The molecule has 0 bridgehead atoms. The summed E-state index contributed by atoms with van der Waals surface area (Å²) in [6.07, 6.45) is 0. The van der Waals surface area contributed by atoms with Crippen LogP contribution in [0.2, 0.25) is 0 Å². The molecule has 0 amide bonds. The predicted molar refractivity (Wildman–Crippen MR) is 20.9 cm³/mol. The quantitative estimate of drug-likeness (QED) is 0.280. The monoisotopic (exact) mass is 86.0 g/mol. The SMILES string of the molecule is CC[O-].S.[Li+]. The molecule has 0 aromatic heterocycles. The van der Waals surface area contributed by atoms with Crippen LogP contribution in [0.25, 0.3) is 0 Å². The topological polar surface area (TPSA) is 23.1 Å². The van der Waals surface area contributed by atoms with Crippen molar-refractivity contribution in [3.63, 3.8) is 0 Å². The minimum absolute atomic E-state index is 0. The summed E-state index contributed by atoms with van der Waals surface area (Å²) in [5.41, 5.74) is 0. The van der Waals surface area contributed by atoms with E-state index in [0.29, 0.717) is 0 Å². The van der Waals surface area contributed by atoms with Crippen LogP contribution in [0.1, 0.15) is 6.92 Å². The smallest absolute Gasteiger partial charge is 0.855 e. The van der Waals surface area contributed by atoms with Crippen molar-refractivity contribution >= 4 is 13.5 Å². The van der Waals surface area contributed by atoms with Gasteiger partial charge in [-0.15, -0.1) is 6.61 Å². The average Bonchev–Trinajstić information content (AvgIpc) is 0.918. The van der Waals surface area contributed by atoms with Crippen molar-refractivity contribution in [3.05, 3.63) is 0 Å². The summed E-state index contributed by atoms with van der Waals surface area (Å²) in [6.45, 7) is 1.57. The molecule has 0 saturated carbocycles. The minimum atomic E-state index is 0. The molecule has 0 rings (SSSR count). The summed E-state index contributed by atoms with van der Waals surface area (Å²) in [7, 11) is 0. The Balaban J connectivity index is -0.0000000200. The molecule has 0 aliphatic rings. The molecule has 0 heterocycles. The molecular formula is C2H7LiOS. The van der Waals surface area contributed by atoms with Crippen LogP contribution in [0, 0.1) is 0 Å². The van der Waals surface area contributed by atoms with Gasteiger partial charge in [-0.3, -0.25) is 0 Å². The molecule has 0 spiro atoms. The first kappa shape index (κ1) is 16.8. The second kappa shape index (κ2) is 20.6. The molecule has 0 aliphatic heterocycles. The summed E-state index contributed by atoms with van der Waals surface area (Å²) in [4.78, 5) is 0. The van der Waals surface area contributed by atoms with E-state index in [2.05, 4.69) is 0 Å². The van der Waals surface area contributed by atoms with Gasteiger partial charge >= 0.3 is 18.9 Å². The first-order chi connectivity index (χ1) is 1.41. The zero-order valence-electron chi connectivity index (χ0n) is 3.62. The van der Waals surface area contributed by atoms with E-state index < -0.39 is 0 Å². The van der Waals surface area contributed by atoms with Crippen LogP contribution in [-0.2, 0) is 0 Å². The fourth-order valence-electron chi connectivity index (χ4n) is 0. The third-order valence-electron chi connectivity index (χ3n) is 0. The van der Waals surface area contributed by atoms with E-state index in [1.165, 1.54) is 0 Å². The zero-order chi connectivity index (χ0) is 2.71. The first-order valence-electron chi connectivity index (χ1n) is 0.996. The molecule has 0 aromatic carbocycles. The third kappa shape index (κ3) is 50.4. The Morgan fingerprint density at radius 1 is 1.60 bits per heavy atom. The Morgan fingerprint density at radius 2 is 1.60 bits per heavy atom. The van der Waals surface area contributed by atoms with Gasteiger partial charge in [-0.25, -0.2) is 0 Å². The average molecular weight is 86.1 g/mol. The van der Waals surface area contributed by atoms with E-state index in [0.717, 1.165) is 0 Å². The van der Waals surface area contributed by atoms with Crippen molar-refractivity contribution < 1.29 is 24.0 Å². The summed E-state index contributed by atoms with van der Waals surface area (Å²) in [5, 5.41) is 8.93. The van der Waals surface area contributed by atoms with Crippen LogP contribution >= 0.6 is 13.5 Å². The van der Waals surface area contributed by atoms with Crippen molar-refractivity contribution in [3.8, 4) is 0 Å². The van der Waals surface area contributed by atoms with Gasteiger partial charge in [-0.05, 0) is 0 Å². The van der Waals surface area contributed by atoms with Crippen LogP contribution in [-0.4, -0.2) is 6.61 Å². The van der Waals surface area contributed by atoms with E-state index in [9.17, 15) is 0 Å². The number of hydrogen-bond donors (Lipinski definition) is 0. The normalized spacial score (nSPS) is 3.60. The Hall–Kier alpha value is 0.907. The third-order valence-corrected chi connectivity index (χ3v) is 0. The van der Waals surface area contributed by atoms with Gasteiger partial charge in [-0.1, -0.05) is 6.92 Å². The minimum Gasteiger partial charge on any atom is -0.855 e. The summed E-state index contributed by atoms with van der Waals surface area (Å²) in [5.74, 6) is 0. The van der Waals surface area contributed by atoms with Crippen LogP contribution in [0.15, 0.2) is 0 Å². The van der Waals surface area contributed by atoms with Gasteiger partial charge in [0, 0.05) is 0 Å². The van der Waals surface area contributed by atoms with Crippen LogP contribution < -0.4 is 24.0 Å². The zero-order valence-corrected chi connectivity index (χ0v) is 4.62. The summed E-state index contributed by atoms with van der Waals surface area (Å²) in [6, 6.07) is 0. The maximum absolute atomic E-state index is 8.93. The molecule has 3 heteroatoms. The molecular weight excluding hydrogens is 79.0 g/mol. The van der Waals surface area contributed by atoms with E-state index in [1.807, 2.05) is 0 Å². The van der Waals surface area contributed by atoms with Crippen LogP contribution in [0.4, 0.5) is 0 Å². The summed E-state index contributed by atoms with van der Waals surface area (Å²) < 4.78 is 0. The van der Waals surface area contributed by atoms with Gasteiger partial charge < -0.3 is 5.11 Å². The molecule has 0 radical (unpaired) electrons. The first-order valence-corrected chi connectivity index (χ1v) is 0.996. The molecule has 5 heavy (non-hydrogen) atoms. The van der Waals surface area contributed by atoms with Crippen molar-refractivity contribution in [2.75, 3.05) is 6.61 Å². The van der Waals surface area contributed by atoms with Gasteiger partial charge in [0.2, 0.25) is 0 Å². The molecule has 1 nitrogen and oxygen atoms in total. The number of hydrogen-bond acceptors (Lipinski definition) is 1. The molecule has 0 N–H and O–H groups in total. The van der Waals surface area contributed by atoms with Crippen molar-refractivity contribution in [2.45, 2.75) is 6.92 Å². The second-order valence-electron chi connectivity index (χ2n) is 0.289. The fraction of sp³-hybridized carbons (Fsp3) is 1.00. The molecule has 0 aromatic rings. The molecule has 28 valence electrons. The Bertz CT molecular complexity index is 9.61. The van der Waals surface area contributed by atoms with Gasteiger partial charge in [0.15, 0.2) is 0 Å². The second-order valence-corrected chi connectivity index (χ2v) is 0.289. The maximum atomic E-state index is 8.93. The van der Waals surface area contributed by atoms with Crippen molar-refractivity contribution in [2.24, 2.45) is 0 Å². The Morgan fingerprint density at radius 3 is 1.60 bits per heavy atom. The Kier molecular flexibility index (Phi) is 69.3. The number of rotatable bonds is 0. The van der Waals surface area contributed by atoms with E-state index in [-0.39, 0.29) is 39.0 Å². The van der Waals surface area contributed by atoms with Gasteiger partial charge in [0.1, 0.15) is 0 Å². The molecule has 0 fully saturated rings. The van der Waals surface area contributed by atoms with E-state index >= 15 is 0 Å². The maximum Gasteiger partial charge on any atom is 1.00 e. The van der Waals surface area contributed by atoms with Crippen molar-refractivity contribution in [1.29, 1.82) is 0 Å². The standard InChI is InChI=1S/C2H5O.Li.H2S/c1-2-3;;/h2H2,1H3;;1H2/q-1;+1;. The van der Waals surface area contributed by atoms with Gasteiger partial charge in [-0.2, -0.15) is 13.5 Å². The van der Waals surface area contributed by atoms with Gasteiger partial charge in [0.25, 0.3) is 0 Å². The predicted octanol–water partition coefficient (Wildman–Crippen LogP) is -3.52. The largest absolute Gasteiger partial charge is 1.00 e. The summed E-state index contributed by atoms with van der Waals surface area (Å²) >= 11 is 0. The van der Waals surface area contributed by atoms with E-state index in [4.69, 9.17) is 5.11 Å². The fourth-order valence-corrected chi connectivity index (χ4v) is 0. The van der Waals surface area contributed by atoms with E-state index in [1.54, 1.807) is 6.92 Å². The van der Waals surface area contributed by atoms with Crippen molar-refractivity contribution in [1.82, 2.24) is 0 Å². The molecule has 0 unspecified atom stereocenters. The molecule has 0 atom stereocenters. The molecule has 0 saturated heterocycles.